The maximum atomic E-state index is 12.2. The van der Waals surface area contributed by atoms with Gasteiger partial charge < -0.3 is 4.74 Å². The number of methoxy groups -OCH3 is 1. The highest BCUT2D eigenvalue weighted by Crippen LogP contribution is 2.27. The Balaban J connectivity index is 2.23. The van der Waals surface area contributed by atoms with Gasteiger partial charge in [0, 0.05) is 23.5 Å². The highest BCUT2D eigenvalue weighted by molar-refractivity contribution is 5.98. The molecule has 6 nitrogen and oxygen atoms in total. The third-order valence-corrected chi connectivity index (χ3v) is 3.01. The summed E-state index contributed by atoms with van der Waals surface area (Å²) in [5.41, 5.74) is 1.87. The highest BCUT2D eigenvalue weighted by atomic mass is 16.6. The third-order valence-electron chi connectivity index (χ3n) is 3.01. The minimum atomic E-state index is -0.547. The molecule has 0 aliphatic heterocycles. The number of ether oxygens (including phenoxy) is 1. The molecule has 0 radical (unpaired) electrons. The molecule has 0 saturated heterocycles. The van der Waals surface area contributed by atoms with E-state index in [0.29, 0.717) is 11.3 Å². The van der Waals surface area contributed by atoms with Gasteiger partial charge in [0.05, 0.1) is 18.5 Å². The molecular formula is C15H14N2O4. The second-order valence-electron chi connectivity index (χ2n) is 4.57. The Bertz CT molecular complexity index is 681. The first-order valence-corrected chi connectivity index (χ1v) is 6.28. The number of carbonyl (C=O) groups excluding carboxylic acids is 1. The molecule has 6 heteroatoms. The van der Waals surface area contributed by atoms with Crippen molar-refractivity contribution in [2.45, 2.75) is 13.3 Å². The van der Waals surface area contributed by atoms with Crippen molar-refractivity contribution in [3.05, 3.63) is 63.5 Å². The third kappa shape index (κ3) is 3.42. The number of hydrogen-bond acceptors (Lipinski definition) is 5. The van der Waals surface area contributed by atoms with Crippen molar-refractivity contribution < 1.29 is 14.5 Å². The van der Waals surface area contributed by atoms with Crippen molar-refractivity contribution in [1.82, 2.24) is 4.98 Å². The van der Waals surface area contributed by atoms with Crippen LogP contribution in [-0.4, -0.2) is 22.8 Å². The van der Waals surface area contributed by atoms with E-state index in [-0.39, 0.29) is 23.6 Å². The molecule has 0 bridgehead atoms. The molecule has 2 aromatic rings. The van der Waals surface area contributed by atoms with Crippen LogP contribution in [0.5, 0.6) is 5.75 Å². The number of pyridine rings is 1. The van der Waals surface area contributed by atoms with E-state index in [4.69, 9.17) is 4.74 Å². The van der Waals surface area contributed by atoms with E-state index in [9.17, 15) is 14.9 Å². The minimum absolute atomic E-state index is 0.0720. The average molecular weight is 286 g/mol. The van der Waals surface area contributed by atoms with Gasteiger partial charge in [-0.25, -0.2) is 0 Å². The van der Waals surface area contributed by atoms with Crippen LogP contribution in [-0.2, 0) is 6.42 Å². The summed E-state index contributed by atoms with van der Waals surface area (Å²) in [4.78, 5) is 26.6. The summed E-state index contributed by atoms with van der Waals surface area (Å²) in [5.74, 6) is -0.0951. The minimum Gasteiger partial charge on any atom is -0.490 e. The number of nitro groups is 1. The molecule has 1 aromatic carbocycles. The SMILES string of the molecule is COc1cc(C(=O)Cc2ccc(C)cn2)ccc1[N+](=O)[O-]. The normalized spacial score (nSPS) is 10.2. The van der Waals surface area contributed by atoms with E-state index in [2.05, 4.69) is 4.98 Å². The molecule has 0 saturated carbocycles. The Morgan fingerprint density at radius 3 is 2.67 bits per heavy atom. The van der Waals surface area contributed by atoms with Gasteiger partial charge in [-0.3, -0.25) is 19.9 Å². The molecule has 0 aliphatic carbocycles. The van der Waals surface area contributed by atoms with Crippen molar-refractivity contribution in [2.24, 2.45) is 0 Å². The predicted octanol–water partition coefficient (Wildman–Crippen LogP) is 2.73. The van der Waals surface area contributed by atoms with E-state index in [0.717, 1.165) is 5.56 Å². The summed E-state index contributed by atoms with van der Waals surface area (Å²) >= 11 is 0. The smallest absolute Gasteiger partial charge is 0.310 e. The maximum absolute atomic E-state index is 12.2. The summed E-state index contributed by atoms with van der Waals surface area (Å²) in [5, 5.41) is 10.8. The highest BCUT2D eigenvalue weighted by Gasteiger charge is 2.17. The molecule has 0 fully saturated rings. The number of benzene rings is 1. The lowest BCUT2D eigenvalue weighted by molar-refractivity contribution is -0.385. The average Bonchev–Trinajstić information content (AvgIpc) is 2.48. The molecule has 108 valence electrons. The van der Waals surface area contributed by atoms with E-state index in [1.807, 2.05) is 13.0 Å². The number of Topliss-reactive ketones (excluding diaryl/α,β-unsaturated/α-hetero) is 1. The number of rotatable bonds is 5. The number of aromatic nitrogens is 1. The lowest BCUT2D eigenvalue weighted by Gasteiger charge is -2.05. The van der Waals surface area contributed by atoms with Crippen molar-refractivity contribution >= 4 is 11.5 Å². The van der Waals surface area contributed by atoms with Gasteiger partial charge in [-0.15, -0.1) is 0 Å². The zero-order valence-electron chi connectivity index (χ0n) is 11.7. The second kappa shape index (κ2) is 6.13. The van der Waals surface area contributed by atoms with Gasteiger partial charge in [-0.1, -0.05) is 6.07 Å². The van der Waals surface area contributed by atoms with Gasteiger partial charge in [0.25, 0.3) is 0 Å². The quantitative estimate of drug-likeness (QED) is 0.479. The predicted molar refractivity (Wildman–Crippen MR) is 76.7 cm³/mol. The lowest BCUT2D eigenvalue weighted by atomic mass is 10.0. The number of nitro benzene ring substituents is 1. The van der Waals surface area contributed by atoms with Crippen LogP contribution in [0.25, 0.3) is 0 Å². The van der Waals surface area contributed by atoms with Crippen molar-refractivity contribution in [1.29, 1.82) is 0 Å². The standard InChI is InChI=1S/C15H14N2O4/c1-10-3-5-12(16-9-10)8-14(18)11-4-6-13(17(19)20)15(7-11)21-2/h3-7,9H,8H2,1-2H3. The zero-order chi connectivity index (χ0) is 15.4. The van der Waals surface area contributed by atoms with E-state index < -0.39 is 4.92 Å². The zero-order valence-corrected chi connectivity index (χ0v) is 11.7. The monoisotopic (exact) mass is 286 g/mol. The van der Waals surface area contributed by atoms with Gasteiger partial charge >= 0.3 is 5.69 Å². The van der Waals surface area contributed by atoms with Crippen LogP contribution in [0, 0.1) is 17.0 Å². The van der Waals surface area contributed by atoms with Crippen LogP contribution in [0.3, 0.4) is 0 Å². The maximum Gasteiger partial charge on any atom is 0.310 e. The molecule has 1 aromatic heterocycles. The number of hydrogen-bond donors (Lipinski definition) is 0. The fourth-order valence-corrected chi connectivity index (χ4v) is 1.87. The molecular weight excluding hydrogens is 272 g/mol. The summed E-state index contributed by atoms with van der Waals surface area (Å²) in [6.45, 7) is 1.92. The molecule has 0 aliphatic rings. The molecule has 0 N–H and O–H groups in total. The van der Waals surface area contributed by atoms with Crippen LogP contribution in [0.2, 0.25) is 0 Å². The summed E-state index contributed by atoms with van der Waals surface area (Å²) in [6.07, 6.45) is 1.83. The van der Waals surface area contributed by atoms with Gasteiger partial charge in [0.2, 0.25) is 0 Å². The summed E-state index contributed by atoms with van der Waals surface area (Å²) in [7, 11) is 1.33. The van der Waals surface area contributed by atoms with Gasteiger partial charge in [-0.2, -0.15) is 0 Å². The van der Waals surface area contributed by atoms with Crippen molar-refractivity contribution in [2.75, 3.05) is 7.11 Å². The van der Waals surface area contributed by atoms with Crippen molar-refractivity contribution in [3.8, 4) is 5.75 Å². The Morgan fingerprint density at radius 2 is 2.10 bits per heavy atom. The Labute approximate surface area is 121 Å². The fourth-order valence-electron chi connectivity index (χ4n) is 1.87. The molecule has 0 atom stereocenters. The summed E-state index contributed by atoms with van der Waals surface area (Å²) in [6, 6.07) is 7.75. The number of nitrogens with zero attached hydrogens (tertiary/aromatic N) is 2. The van der Waals surface area contributed by atoms with Gasteiger partial charge in [-0.05, 0) is 30.7 Å². The van der Waals surface area contributed by atoms with E-state index in [1.165, 1.54) is 25.3 Å². The Morgan fingerprint density at radius 1 is 1.33 bits per heavy atom. The first-order chi connectivity index (χ1) is 10.0. The largest absolute Gasteiger partial charge is 0.490 e. The van der Waals surface area contributed by atoms with Crippen LogP contribution in [0.1, 0.15) is 21.6 Å². The van der Waals surface area contributed by atoms with Gasteiger partial charge in [0.15, 0.2) is 11.5 Å². The number of ketones is 1. The van der Waals surface area contributed by atoms with Gasteiger partial charge in [0.1, 0.15) is 0 Å². The number of carbonyl (C=O) groups is 1. The Kier molecular flexibility index (Phi) is 4.27. The molecule has 2 rings (SSSR count). The molecule has 0 spiro atoms. The second-order valence-corrected chi connectivity index (χ2v) is 4.57. The molecule has 1 heterocycles. The summed E-state index contributed by atoms with van der Waals surface area (Å²) < 4.78 is 4.95. The van der Waals surface area contributed by atoms with Crippen LogP contribution in [0.4, 0.5) is 5.69 Å². The van der Waals surface area contributed by atoms with Crippen LogP contribution < -0.4 is 4.74 Å². The van der Waals surface area contributed by atoms with E-state index in [1.54, 1.807) is 12.3 Å². The first-order valence-electron chi connectivity index (χ1n) is 6.28. The number of aryl methyl sites for hydroxylation is 1. The van der Waals surface area contributed by atoms with Crippen LogP contribution in [0.15, 0.2) is 36.5 Å². The lowest BCUT2D eigenvalue weighted by Crippen LogP contribution is -2.06. The fraction of sp³-hybridized carbons (Fsp3) is 0.200. The van der Waals surface area contributed by atoms with Crippen molar-refractivity contribution in [3.63, 3.8) is 0 Å². The van der Waals surface area contributed by atoms with E-state index >= 15 is 0 Å². The van der Waals surface area contributed by atoms with Crippen LogP contribution >= 0.6 is 0 Å². The topological polar surface area (TPSA) is 82.3 Å². The molecule has 0 amide bonds. The first kappa shape index (κ1) is 14.6. The Hall–Kier alpha value is -2.76. The molecule has 0 unspecified atom stereocenters. The molecule has 21 heavy (non-hydrogen) atoms.